The normalized spacial score (nSPS) is 12.5. The standard InChI is InChI=1S/C73H70N4O.Pt/c1-69(2,3)55-39-40-74-66(46-55)77-64-36-26-25-35-62(64)63-38-37-60(48-65(63)77)78-61-45-57(71(7,8)52-29-19-14-20-30-52)44-59(47-61)76-49-75(58-42-51(50-27-17-13-18-28-50)41-56(43-58)70(4,5)6)67(72(9,10)53-31-21-15-22-32-53)68(76)73(11,12)54-33-23-16-24-34-54;/h13-46H,1-12H3;/q-2;. The Balaban J connectivity index is 0.00000704. The maximum Gasteiger partial charge on any atom is 0.267 e. The summed E-state index contributed by atoms with van der Waals surface area (Å²) in [7, 11) is 0. The van der Waals surface area contributed by atoms with Crippen molar-refractivity contribution in [2.24, 2.45) is 0 Å². The molecule has 0 aliphatic rings. The average Bonchev–Trinajstić information content (AvgIpc) is 4.18. The molecule has 0 fully saturated rings. The van der Waals surface area contributed by atoms with Crippen LogP contribution in [0.25, 0.3) is 50.1 Å². The van der Waals surface area contributed by atoms with Gasteiger partial charge in [0.1, 0.15) is 5.82 Å². The van der Waals surface area contributed by atoms with Crippen molar-refractivity contribution in [3.05, 3.63) is 270 Å². The van der Waals surface area contributed by atoms with Gasteiger partial charge in [0.05, 0.1) is 17.1 Å². The van der Waals surface area contributed by atoms with Crippen LogP contribution in [0.3, 0.4) is 0 Å². The molecule has 0 saturated heterocycles. The first-order valence-corrected chi connectivity index (χ1v) is 27.4. The van der Waals surface area contributed by atoms with Gasteiger partial charge < -0.3 is 13.9 Å². The molecule has 0 radical (unpaired) electrons. The predicted molar refractivity (Wildman–Crippen MR) is 321 cm³/mol. The molecule has 8 aromatic carbocycles. The fourth-order valence-electron chi connectivity index (χ4n) is 11.3. The van der Waals surface area contributed by atoms with Crippen LogP contribution in [0.1, 0.15) is 128 Å². The quantitative estimate of drug-likeness (QED) is 0.0903. The second-order valence-corrected chi connectivity index (χ2v) is 24.6. The van der Waals surface area contributed by atoms with Gasteiger partial charge >= 0.3 is 0 Å². The van der Waals surface area contributed by atoms with Crippen LogP contribution in [0.15, 0.2) is 206 Å². The molecule has 0 N–H and O–H groups in total. The summed E-state index contributed by atoms with van der Waals surface area (Å²) < 4.78 is 14.0. The zero-order valence-electron chi connectivity index (χ0n) is 47.6. The molecule has 0 saturated carbocycles. The number of ether oxygens (including phenoxy) is 1. The summed E-state index contributed by atoms with van der Waals surface area (Å²) >= 11 is 0. The number of imidazole rings is 1. The van der Waals surface area contributed by atoms with Crippen molar-refractivity contribution in [1.82, 2.24) is 14.1 Å². The first-order chi connectivity index (χ1) is 37.2. The van der Waals surface area contributed by atoms with E-state index >= 15 is 0 Å². The zero-order chi connectivity index (χ0) is 54.8. The van der Waals surface area contributed by atoms with Gasteiger partial charge in [-0.3, -0.25) is 4.57 Å². The van der Waals surface area contributed by atoms with E-state index in [0.717, 1.165) is 67.1 Å². The Bertz CT molecular complexity index is 3970. The van der Waals surface area contributed by atoms with Crippen LogP contribution in [0.5, 0.6) is 11.5 Å². The number of pyridine rings is 1. The number of nitrogens with zero attached hydrogens (tertiary/aromatic N) is 4. The second kappa shape index (κ2) is 20.9. The Morgan fingerprint density at radius 2 is 1.01 bits per heavy atom. The molecule has 3 aromatic heterocycles. The average molecular weight is 1210 g/mol. The first kappa shape index (κ1) is 54.8. The third-order valence-electron chi connectivity index (χ3n) is 16.1. The second-order valence-electron chi connectivity index (χ2n) is 24.6. The molecule has 400 valence electrons. The van der Waals surface area contributed by atoms with Crippen molar-refractivity contribution in [2.75, 3.05) is 0 Å². The minimum absolute atomic E-state index is 0. The number of hydrogen-bond acceptors (Lipinski definition) is 2. The van der Waals surface area contributed by atoms with Crippen molar-refractivity contribution in [3.63, 3.8) is 0 Å². The van der Waals surface area contributed by atoms with Crippen molar-refractivity contribution < 1.29 is 30.4 Å². The van der Waals surface area contributed by atoms with Crippen LogP contribution in [0, 0.1) is 18.5 Å². The smallest absolute Gasteiger partial charge is 0.267 e. The molecule has 79 heavy (non-hydrogen) atoms. The number of para-hydroxylation sites is 1. The fourth-order valence-corrected chi connectivity index (χ4v) is 11.3. The summed E-state index contributed by atoms with van der Waals surface area (Å²) in [5.74, 6) is 1.98. The molecular formula is C73H70N4OPt-2. The number of benzene rings is 8. The van der Waals surface area contributed by atoms with Crippen LogP contribution < -0.4 is 9.30 Å². The van der Waals surface area contributed by atoms with Crippen molar-refractivity contribution in [1.29, 1.82) is 0 Å². The number of hydrogen-bond donors (Lipinski definition) is 0. The molecule has 0 unspecified atom stereocenters. The summed E-state index contributed by atoms with van der Waals surface area (Å²) in [6.45, 7) is 27.6. The van der Waals surface area contributed by atoms with Gasteiger partial charge in [-0.25, -0.2) is 4.98 Å². The van der Waals surface area contributed by atoms with Crippen molar-refractivity contribution >= 4 is 21.8 Å². The molecule has 0 amide bonds. The van der Waals surface area contributed by atoms with Crippen LogP contribution in [0.2, 0.25) is 0 Å². The molecule has 0 aliphatic heterocycles. The summed E-state index contributed by atoms with van der Waals surface area (Å²) in [5, 5.41) is 2.20. The Hall–Kier alpha value is -7.59. The molecule has 5 nitrogen and oxygen atoms in total. The van der Waals surface area contributed by atoms with Gasteiger partial charge in [0.25, 0.3) is 6.33 Å². The Labute approximate surface area is 482 Å². The van der Waals surface area contributed by atoms with Gasteiger partial charge in [-0.1, -0.05) is 234 Å². The van der Waals surface area contributed by atoms with E-state index in [1.165, 1.54) is 27.8 Å². The Morgan fingerprint density at radius 1 is 0.443 bits per heavy atom. The van der Waals surface area contributed by atoms with Crippen molar-refractivity contribution in [2.45, 2.75) is 110 Å². The number of aromatic nitrogens is 4. The van der Waals surface area contributed by atoms with Crippen LogP contribution >= 0.6 is 0 Å². The number of rotatable bonds is 12. The van der Waals surface area contributed by atoms with Gasteiger partial charge in [-0.15, -0.1) is 35.2 Å². The van der Waals surface area contributed by atoms with E-state index in [0.29, 0.717) is 11.5 Å². The topological polar surface area (TPSA) is 35.9 Å². The number of fused-ring (bicyclic) bond motifs is 3. The molecule has 0 bridgehead atoms. The third-order valence-corrected chi connectivity index (χ3v) is 16.1. The molecule has 3 heterocycles. The first-order valence-electron chi connectivity index (χ1n) is 27.4. The summed E-state index contributed by atoms with van der Waals surface area (Å²) in [6.07, 6.45) is 6.02. The van der Waals surface area contributed by atoms with Crippen LogP contribution in [-0.2, 0) is 48.1 Å². The minimum atomic E-state index is -0.571. The Morgan fingerprint density at radius 3 is 1.63 bits per heavy atom. The van der Waals surface area contributed by atoms with Gasteiger partial charge in [0.2, 0.25) is 0 Å². The molecule has 0 aliphatic carbocycles. The molecule has 6 heteroatoms. The molecular weight excluding hydrogens is 1140 g/mol. The SMILES string of the molecule is CC(C)(C)c1cc(-c2ccccc2)cc(-[n+]2[c-]n(-c3[c-]c(Oc4[c-]c5c(cc4)c4ccccc4n5-c4cc(C(C)(C)C)ccn4)cc(C(C)(C)c4ccccc4)c3)c(C(C)(C)c3ccccc3)c2C(C)(C)c2ccccc2)c1.[Pt]. The van der Waals surface area contributed by atoms with Gasteiger partial charge in [-0.05, 0) is 96.6 Å². The largest absolute Gasteiger partial charge is 0.510 e. The zero-order valence-corrected chi connectivity index (χ0v) is 49.9. The molecule has 0 spiro atoms. The predicted octanol–water partition coefficient (Wildman–Crippen LogP) is 17.7. The van der Waals surface area contributed by atoms with E-state index < -0.39 is 16.2 Å². The van der Waals surface area contributed by atoms with Crippen molar-refractivity contribution in [3.8, 4) is 39.8 Å². The summed E-state index contributed by atoms with van der Waals surface area (Å²) in [4.78, 5) is 4.96. The fraction of sp³-hybridized carbons (Fsp3) is 0.233. The maximum atomic E-state index is 7.19. The van der Waals surface area contributed by atoms with Crippen LogP contribution in [0.4, 0.5) is 0 Å². The monoisotopic (exact) mass is 1210 g/mol. The third kappa shape index (κ3) is 10.4. The van der Waals surface area contributed by atoms with E-state index in [2.05, 4.69) is 309 Å². The van der Waals surface area contributed by atoms with Crippen LogP contribution in [-0.4, -0.2) is 14.1 Å². The summed E-state index contributed by atoms with van der Waals surface area (Å²) in [5.41, 5.74) is 13.6. The maximum absolute atomic E-state index is 7.19. The van der Waals surface area contributed by atoms with E-state index in [4.69, 9.17) is 9.72 Å². The van der Waals surface area contributed by atoms with Gasteiger partial charge in [0.15, 0.2) is 0 Å². The van der Waals surface area contributed by atoms with E-state index in [9.17, 15) is 0 Å². The molecule has 11 aromatic rings. The van der Waals surface area contributed by atoms with E-state index in [1.54, 1.807) is 0 Å². The molecule has 11 rings (SSSR count). The summed E-state index contributed by atoms with van der Waals surface area (Å²) in [6, 6.07) is 79.5. The minimum Gasteiger partial charge on any atom is -0.510 e. The molecule has 0 atom stereocenters. The van der Waals surface area contributed by atoms with E-state index in [1.807, 2.05) is 12.3 Å². The van der Waals surface area contributed by atoms with E-state index in [-0.39, 0.29) is 31.9 Å². The Kier molecular flexibility index (Phi) is 14.5. The van der Waals surface area contributed by atoms with Gasteiger partial charge in [0, 0.05) is 55.1 Å². The van der Waals surface area contributed by atoms with Gasteiger partial charge in [-0.2, -0.15) is 12.1 Å².